The first kappa shape index (κ1) is 74.3. The molecule has 0 aromatic heterocycles. The monoisotopic (exact) mass is 1090 g/mol. The summed E-state index contributed by atoms with van der Waals surface area (Å²) in [6, 6.07) is 0. The van der Waals surface area contributed by atoms with Crippen LogP contribution in [0.4, 0.5) is 0 Å². The Hall–Kier alpha value is -4.71. The standard InChI is InChI=1S/C73H118O6/c1-4-7-10-13-16-19-22-25-28-29-30-31-32-33-34-35-36-37-38-39-40-41-42-43-46-48-51-54-57-60-63-66-72(75)78-69-70(79-73(76)67-64-61-58-55-52-49-45-27-24-21-18-15-12-9-6-3)68-77-71(74)65-62-59-56-53-50-47-44-26-23-20-17-14-11-8-5-2/h7,9-10,12,16,18-19,21,25-28,30-31,33-34,36-37,39-40,42-45,70H,4-6,8,11,13-15,17,20,22-24,29,32,35,38,41,46-69H2,1-3H3/b10-7-,12-9-,19-16-,21-18-,28-25-,31-30-,34-33-,37-36-,40-39-,43-42-,44-26-,45-27-. The molecule has 0 aliphatic heterocycles. The highest BCUT2D eigenvalue weighted by molar-refractivity contribution is 5.71. The average molecular weight is 1090 g/mol. The summed E-state index contributed by atoms with van der Waals surface area (Å²) in [5.74, 6) is -0.938. The Bertz CT molecular complexity index is 1730. The second-order valence-electron chi connectivity index (χ2n) is 20.9. The summed E-state index contributed by atoms with van der Waals surface area (Å²) in [6.07, 6.45) is 94.2. The minimum atomic E-state index is -0.803. The summed E-state index contributed by atoms with van der Waals surface area (Å²) in [4.78, 5) is 38.3. The van der Waals surface area contributed by atoms with Crippen molar-refractivity contribution < 1.29 is 28.6 Å². The molecule has 446 valence electrons. The zero-order chi connectivity index (χ0) is 57.1. The summed E-state index contributed by atoms with van der Waals surface area (Å²) in [5.41, 5.74) is 0. The Kier molecular flexibility index (Phi) is 61.9. The third kappa shape index (κ3) is 64.0. The zero-order valence-corrected chi connectivity index (χ0v) is 51.1. The van der Waals surface area contributed by atoms with Crippen molar-refractivity contribution in [3.05, 3.63) is 146 Å². The molecule has 1 unspecified atom stereocenters. The molecule has 0 fully saturated rings. The molecule has 0 aliphatic carbocycles. The summed E-state index contributed by atoms with van der Waals surface area (Å²) in [5, 5.41) is 0. The largest absolute Gasteiger partial charge is 0.462 e. The molecule has 6 nitrogen and oxygen atoms in total. The van der Waals surface area contributed by atoms with E-state index in [1.807, 2.05) is 0 Å². The smallest absolute Gasteiger partial charge is 0.306 e. The van der Waals surface area contributed by atoms with E-state index >= 15 is 0 Å². The second-order valence-corrected chi connectivity index (χ2v) is 20.9. The molecule has 0 aromatic carbocycles. The van der Waals surface area contributed by atoms with Gasteiger partial charge in [-0.15, -0.1) is 0 Å². The van der Waals surface area contributed by atoms with Crippen molar-refractivity contribution >= 4 is 17.9 Å². The maximum atomic E-state index is 12.9. The van der Waals surface area contributed by atoms with Crippen LogP contribution in [0, 0.1) is 0 Å². The Morgan fingerprint density at radius 1 is 0.266 bits per heavy atom. The van der Waals surface area contributed by atoms with Crippen LogP contribution in [-0.2, 0) is 28.6 Å². The quantitative estimate of drug-likeness (QED) is 0.0261. The molecule has 0 aromatic rings. The van der Waals surface area contributed by atoms with Crippen LogP contribution in [0.15, 0.2) is 146 Å². The van der Waals surface area contributed by atoms with Gasteiger partial charge in [0, 0.05) is 19.3 Å². The van der Waals surface area contributed by atoms with Crippen molar-refractivity contribution in [3.8, 4) is 0 Å². The predicted octanol–water partition coefficient (Wildman–Crippen LogP) is 22.3. The number of ether oxygens (including phenoxy) is 3. The van der Waals surface area contributed by atoms with Crippen LogP contribution in [0.5, 0.6) is 0 Å². The molecule has 79 heavy (non-hydrogen) atoms. The van der Waals surface area contributed by atoms with E-state index in [2.05, 4.69) is 167 Å². The molecule has 0 N–H and O–H groups in total. The molecule has 6 heteroatoms. The van der Waals surface area contributed by atoms with Gasteiger partial charge in [0.25, 0.3) is 0 Å². The van der Waals surface area contributed by atoms with Crippen molar-refractivity contribution in [3.63, 3.8) is 0 Å². The highest BCUT2D eigenvalue weighted by Gasteiger charge is 2.19. The van der Waals surface area contributed by atoms with E-state index in [1.54, 1.807) is 0 Å². The third-order valence-corrected chi connectivity index (χ3v) is 13.3. The number of hydrogen-bond acceptors (Lipinski definition) is 6. The van der Waals surface area contributed by atoms with Crippen molar-refractivity contribution in [2.45, 2.75) is 284 Å². The summed E-state index contributed by atoms with van der Waals surface area (Å²) < 4.78 is 16.9. The number of hydrogen-bond donors (Lipinski definition) is 0. The molecule has 0 spiro atoms. The number of carbonyl (C=O) groups is 3. The van der Waals surface area contributed by atoms with Crippen LogP contribution in [0.25, 0.3) is 0 Å². The van der Waals surface area contributed by atoms with E-state index in [9.17, 15) is 14.4 Å². The topological polar surface area (TPSA) is 78.9 Å². The Morgan fingerprint density at radius 2 is 0.494 bits per heavy atom. The van der Waals surface area contributed by atoms with Crippen LogP contribution in [0.1, 0.15) is 278 Å². The molecular weight excluding hydrogens is 973 g/mol. The van der Waals surface area contributed by atoms with Gasteiger partial charge < -0.3 is 14.2 Å². The molecule has 0 aliphatic rings. The Labute approximate surface area is 487 Å². The van der Waals surface area contributed by atoms with Crippen LogP contribution < -0.4 is 0 Å². The van der Waals surface area contributed by atoms with E-state index in [0.717, 1.165) is 173 Å². The fourth-order valence-electron chi connectivity index (χ4n) is 8.53. The maximum absolute atomic E-state index is 12.9. The number of allylic oxidation sites excluding steroid dienone is 24. The van der Waals surface area contributed by atoms with Gasteiger partial charge in [-0.3, -0.25) is 14.4 Å². The summed E-state index contributed by atoms with van der Waals surface area (Å²) >= 11 is 0. The van der Waals surface area contributed by atoms with Gasteiger partial charge in [-0.05, 0) is 141 Å². The van der Waals surface area contributed by atoms with Gasteiger partial charge in [0.2, 0.25) is 0 Å². The maximum Gasteiger partial charge on any atom is 0.306 e. The molecule has 0 heterocycles. The molecule has 0 radical (unpaired) electrons. The lowest BCUT2D eigenvalue weighted by molar-refractivity contribution is -0.167. The van der Waals surface area contributed by atoms with E-state index in [-0.39, 0.29) is 31.1 Å². The van der Waals surface area contributed by atoms with E-state index < -0.39 is 6.10 Å². The normalized spacial score (nSPS) is 13.1. The van der Waals surface area contributed by atoms with E-state index in [4.69, 9.17) is 14.2 Å². The molecule has 1 atom stereocenters. The van der Waals surface area contributed by atoms with E-state index in [0.29, 0.717) is 19.3 Å². The van der Waals surface area contributed by atoms with Gasteiger partial charge >= 0.3 is 17.9 Å². The Balaban J connectivity index is 4.37. The SMILES string of the molecule is CC/C=C\C/C=C\C/C=C\C/C=C\C/C=C\C/C=C\C/C=C\C/C=C\CCCCCCCCC(=O)OCC(COC(=O)CCCCCCC/C=C\CCCCCCCC)OC(=O)CCCCCCC/C=C\C/C=C\C/C=C\CC. The summed E-state index contributed by atoms with van der Waals surface area (Å²) in [7, 11) is 0. The molecule has 0 saturated carbocycles. The van der Waals surface area contributed by atoms with Crippen LogP contribution in [0.2, 0.25) is 0 Å². The Morgan fingerprint density at radius 3 is 0.785 bits per heavy atom. The molecule has 0 bridgehead atoms. The van der Waals surface area contributed by atoms with Crippen LogP contribution >= 0.6 is 0 Å². The summed E-state index contributed by atoms with van der Waals surface area (Å²) in [6.45, 7) is 6.38. The molecular formula is C73H118O6. The zero-order valence-electron chi connectivity index (χ0n) is 51.1. The molecule has 0 saturated heterocycles. The fourth-order valence-corrected chi connectivity index (χ4v) is 8.53. The molecule has 0 rings (SSSR count). The third-order valence-electron chi connectivity index (χ3n) is 13.3. The van der Waals surface area contributed by atoms with Gasteiger partial charge in [0.05, 0.1) is 0 Å². The minimum absolute atomic E-state index is 0.0981. The van der Waals surface area contributed by atoms with Gasteiger partial charge in [0.1, 0.15) is 13.2 Å². The van der Waals surface area contributed by atoms with Crippen molar-refractivity contribution in [1.29, 1.82) is 0 Å². The lowest BCUT2D eigenvalue weighted by atomic mass is 10.1. The van der Waals surface area contributed by atoms with Crippen molar-refractivity contribution in [1.82, 2.24) is 0 Å². The number of unbranched alkanes of at least 4 members (excludes halogenated alkanes) is 22. The van der Waals surface area contributed by atoms with Gasteiger partial charge in [0.15, 0.2) is 6.10 Å². The molecule has 0 amide bonds. The van der Waals surface area contributed by atoms with Crippen molar-refractivity contribution in [2.75, 3.05) is 13.2 Å². The number of rotatable bonds is 57. The van der Waals surface area contributed by atoms with Crippen LogP contribution in [0.3, 0.4) is 0 Å². The number of esters is 3. The van der Waals surface area contributed by atoms with Gasteiger partial charge in [-0.2, -0.15) is 0 Å². The van der Waals surface area contributed by atoms with Crippen molar-refractivity contribution in [2.24, 2.45) is 0 Å². The van der Waals surface area contributed by atoms with Gasteiger partial charge in [-0.25, -0.2) is 0 Å². The van der Waals surface area contributed by atoms with Crippen LogP contribution in [-0.4, -0.2) is 37.2 Å². The van der Waals surface area contributed by atoms with E-state index in [1.165, 1.54) is 64.2 Å². The first-order chi connectivity index (χ1) is 39.0. The lowest BCUT2D eigenvalue weighted by Crippen LogP contribution is -2.30. The highest BCUT2D eigenvalue weighted by atomic mass is 16.6. The second kappa shape index (κ2) is 65.8. The average Bonchev–Trinajstić information content (AvgIpc) is 3.45. The van der Waals surface area contributed by atoms with Gasteiger partial charge in [-0.1, -0.05) is 263 Å². The predicted molar refractivity (Wildman–Crippen MR) is 343 cm³/mol. The first-order valence-corrected chi connectivity index (χ1v) is 32.3. The minimum Gasteiger partial charge on any atom is -0.462 e. The highest BCUT2D eigenvalue weighted by Crippen LogP contribution is 2.14. The first-order valence-electron chi connectivity index (χ1n) is 32.3. The number of carbonyl (C=O) groups excluding carboxylic acids is 3. The lowest BCUT2D eigenvalue weighted by Gasteiger charge is -2.18. The fraction of sp³-hybridized carbons (Fsp3) is 0.630.